The predicted octanol–water partition coefficient (Wildman–Crippen LogP) is 2.65. The number of nitrogens with two attached hydrogens (primary N) is 2. The van der Waals surface area contributed by atoms with Gasteiger partial charge in [0.1, 0.15) is 0 Å². The molecule has 2 aromatic rings. The fraction of sp³-hybridized carbons (Fsp3) is 0.333. The van der Waals surface area contributed by atoms with Gasteiger partial charge in [-0.3, -0.25) is 9.59 Å². The van der Waals surface area contributed by atoms with E-state index in [0.717, 1.165) is 17.4 Å². The summed E-state index contributed by atoms with van der Waals surface area (Å²) in [6.45, 7) is 0. The van der Waals surface area contributed by atoms with Crippen LogP contribution >= 0.6 is 11.3 Å². The average Bonchev–Trinajstić information content (AvgIpc) is 2.98. The molecule has 0 amide bonds. The summed E-state index contributed by atoms with van der Waals surface area (Å²) in [7, 11) is 4.66. The van der Waals surface area contributed by atoms with Gasteiger partial charge >= 0.3 is 0 Å². The average molecular weight is 362 g/mol. The number of carbonyl (C=O) groups excluding carboxylic acids is 2. The zero-order chi connectivity index (χ0) is 18.6. The molecule has 0 saturated heterocycles. The molecule has 6 nitrogen and oxygen atoms in total. The van der Waals surface area contributed by atoms with Crippen LogP contribution in [0, 0.1) is 0 Å². The first-order valence-corrected chi connectivity index (χ1v) is 8.59. The number of rotatable bonds is 4. The number of nitrogen functional groups attached to an aromatic ring is 1. The first-order valence-electron chi connectivity index (χ1n) is 7.78. The summed E-state index contributed by atoms with van der Waals surface area (Å²) in [4.78, 5) is 24.3. The van der Waals surface area contributed by atoms with Gasteiger partial charge in [-0.1, -0.05) is 6.07 Å². The van der Waals surface area contributed by atoms with Gasteiger partial charge in [-0.05, 0) is 42.6 Å². The van der Waals surface area contributed by atoms with Gasteiger partial charge in [0.2, 0.25) is 0 Å². The predicted molar refractivity (Wildman–Crippen MR) is 99.2 cm³/mol. The number of aldehydes is 1. The van der Waals surface area contributed by atoms with E-state index in [4.69, 9.17) is 15.2 Å². The molecule has 3 rings (SSSR count). The van der Waals surface area contributed by atoms with Crippen LogP contribution in [-0.4, -0.2) is 33.3 Å². The van der Waals surface area contributed by atoms with E-state index in [1.54, 1.807) is 14.2 Å². The van der Waals surface area contributed by atoms with E-state index < -0.39 is 0 Å². The van der Waals surface area contributed by atoms with Crippen molar-refractivity contribution in [2.45, 2.75) is 18.8 Å². The fourth-order valence-electron chi connectivity index (χ4n) is 3.03. The van der Waals surface area contributed by atoms with Crippen LogP contribution in [0.15, 0.2) is 18.2 Å². The zero-order valence-corrected chi connectivity index (χ0v) is 15.3. The molecular weight excluding hydrogens is 340 g/mol. The number of fused-ring (bicyclic) bond motifs is 1. The smallest absolute Gasteiger partial charge is 0.173 e. The number of ketones is 1. The number of ether oxygens (including phenoxy) is 2. The van der Waals surface area contributed by atoms with Crippen molar-refractivity contribution in [3.05, 3.63) is 39.8 Å². The molecule has 0 spiro atoms. The third-order valence-corrected chi connectivity index (χ3v) is 5.33. The minimum absolute atomic E-state index is 0.00232. The second-order valence-electron chi connectivity index (χ2n) is 5.45. The summed E-state index contributed by atoms with van der Waals surface area (Å²) in [6, 6.07) is 5.65. The Labute approximate surface area is 150 Å². The summed E-state index contributed by atoms with van der Waals surface area (Å²) in [5.41, 5.74) is 12.6. The Balaban J connectivity index is 0.00000109. The second kappa shape index (κ2) is 8.13. The number of benzene rings is 1. The van der Waals surface area contributed by atoms with Crippen LogP contribution in [0.1, 0.15) is 43.5 Å². The summed E-state index contributed by atoms with van der Waals surface area (Å²) in [5.74, 6) is 1.31. The molecule has 1 unspecified atom stereocenters. The Kier molecular flexibility index (Phi) is 6.17. The topological polar surface area (TPSA) is 105 Å². The van der Waals surface area contributed by atoms with Crippen LogP contribution in [0.25, 0.3) is 0 Å². The molecule has 1 atom stereocenters. The first kappa shape index (κ1) is 19.0. The van der Waals surface area contributed by atoms with Gasteiger partial charge in [-0.2, -0.15) is 0 Å². The SMILES string of the molecule is CN.COc1ccc(C2CC(=O)c3sc(N)c(C=O)c3C2)cc1OC. The maximum atomic E-state index is 12.4. The molecule has 0 saturated carbocycles. The fourth-order valence-corrected chi connectivity index (χ4v) is 4.05. The van der Waals surface area contributed by atoms with Crippen molar-refractivity contribution in [1.29, 1.82) is 0 Å². The highest BCUT2D eigenvalue weighted by Crippen LogP contribution is 2.42. The Hall–Kier alpha value is -2.38. The highest BCUT2D eigenvalue weighted by Gasteiger charge is 2.31. The molecule has 4 N–H and O–H groups in total. The molecule has 7 heteroatoms. The molecule has 1 heterocycles. The van der Waals surface area contributed by atoms with Crippen LogP contribution < -0.4 is 20.9 Å². The van der Waals surface area contributed by atoms with Crippen molar-refractivity contribution in [1.82, 2.24) is 0 Å². The number of anilines is 1. The quantitative estimate of drug-likeness (QED) is 0.810. The number of methoxy groups -OCH3 is 2. The molecule has 25 heavy (non-hydrogen) atoms. The Bertz CT molecular complexity index is 786. The number of thiophene rings is 1. The molecule has 1 aromatic carbocycles. The monoisotopic (exact) mass is 362 g/mol. The van der Waals surface area contributed by atoms with Crippen LogP contribution in [0.4, 0.5) is 5.00 Å². The van der Waals surface area contributed by atoms with Crippen LogP contribution in [-0.2, 0) is 6.42 Å². The molecular formula is C18H22N2O4S. The highest BCUT2D eigenvalue weighted by atomic mass is 32.1. The summed E-state index contributed by atoms with van der Waals surface area (Å²) in [6.07, 6.45) is 1.77. The van der Waals surface area contributed by atoms with Crippen LogP contribution in [0.2, 0.25) is 0 Å². The van der Waals surface area contributed by atoms with Gasteiger partial charge in [0, 0.05) is 6.42 Å². The Morgan fingerprint density at radius 1 is 1.16 bits per heavy atom. The summed E-state index contributed by atoms with van der Waals surface area (Å²) >= 11 is 1.21. The van der Waals surface area contributed by atoms with Crippen LogP contribution in [0.5, 0.6) is 11.5 Å². The zero-order valence-electron chi connectivity index (χ0n) is 14.5. The summed E-state index contributed by atoms with van der Waals surface area (Å²) in [5, 5.41) is 0.423. The molecule has 0 bridgehead atoms. The van der Waals surface area contributed by atoms with E-state index >= 15 is 0 Å². The van der Waals surface area contributed by atoms with Gasteiger partial charge in [-0.15, -0.1) is 11.3 Å². The van der Waals surface area contributed by atoms with Gasteiger partial charge < -0.3 is 20.9 Å². The lowest BCUT2D eigenvalue weighted by molar-refractivity contribution is 0.0968. The maximum absolute atomic E-state index is 12.4. The third kappa shape index (κ3) is 3.52. The molecule has 0 radical (unpaired) electrons. The van der Waals surface area contributed by atoms with Crippen molar-refractivity contribution in [2.75, 3.05) is 27.0 Å². The number of Topliss-reactive ketones (excluding diaryl/α,β-unsaturated/α-hetero) is 1. The number of hydrogen-bond acceptors (Lipinski definition) is 7. The number of hydrogen-bond donors (Lipinski definition) is 2. The lowest BCUT2D eigenvalue weighted by Crippen LogP contribution is -2.18. The normalized spacial score (nSPS) is 15.7. The molecule has 1 aliphatic rings. The van der Waals surface area contributed by atoms with Crippen molar-refractivity contribution in [3.8, 4) is 11.5 Å². The van der Waals surface area contributed by atoms with Gasteiger partial charge in [0.15, 0.2) is 23.6 Å². The van der Waals surface area contributed by atoms with Gasteiger partial charge in [0.25, 0.3) is 0 Å². The van der Waals surface area contributed by atoms with Crippen molar-refractivity contribution in [3.63, 3.8) is 0 Å². The van der Waals surface area contributed by atoms with E-state index in [1.807, 2.05) is 18.2 Å². The molecule has 1 aromatic heterocycles. The number of carbonyl (C=O) groups is 2. The maximum Gasteiger partial charge on any atom is 0.173 e. The van der Waals surface area contributed by atoms with Crippen molar-refractivity contribution in [2.24, 2.45) is 5.73 Å². The largest absolute Gasteiger partial charge is 0.493 e. The van der Waals surface area contributed by atoms with Crippen molar-refractivity contribution >= 4 is 28.4 Å². The molecule has 0 fully saturated rings. The minimum atomic E-state index is 0.00232. The van der Waals surface area contributed by atoms with E-state index in [9.17, 15) is 9.59 Å². The molecule has 1 aliphatic carbocycles. The lowest BCUT2D eigenvalue weighted by atomic mass is 9.81. The Morgan fingerprint density at radius 3 is 2.44 bits per heavy atom. The standard InChI is InChI=1S/C17H17NO4S.CH5N/c1-21-14-4-3-9(7-15(14)22-2)10-5-11-12(8-19)17(18)23-16(11)13(20)6-10;1-2/h3-4,7-8,10H,5-6,18H2,1-2H3;2H2,1H3. The highest BCUT2D eigenvalue weighted by molar-refractivity contribution is 7.18. The van der Waals surface area contributed by atoms with Gasteiger partial charge in [-0.25, -0.2) is 0 Å². The minimum Gasteiger partial charge on any atom is -0.493 e. The van der Waals surface area contributed by atoms with Gasteiger partial charge in [0.05, 0.1) is 29.7 Å². The summed E-state index contributed by atoms with van der Waals surface area (Å²) < 4.78 is 10.6. The van der Waals surface area contributed by atoms with Crippen molar-refractivity contribution < 1.29 is 19.1 Å². The molecule has 134 valence electrons. The van der Waals surface area contributed by atoms with E-state index in [0.29, 0.717) is 39.8 Å². The first-order chi connectivity index (χ1) is 12.1. The van der Waals surface area contributed by atoms with E-state index in [-0.39, 0.29) is 11.7 Å². The third-order valence-electron chi connectivity index (χ3n) is 4.21. The Morgan fingerprint density at radius 2 is 1.84 bits per heavy atom. The van der Waals surface area contributed by atoms with E-state index in [2.05, 4.69) is 5.73 Å². The molecule has 0 aliphatic heterocycles. The van der Waals surface area contributed by atoms with E-state index in [1.165, 1.54) is 18.4 Å². The van der Waals surface area contributed by atoms with Crippen LogP contribution in [0.3, 0.4) is 0 Å². The second-order valence-corrected chi connectivity index (χ2v) is 6.50. The lowest BCUT2D eigenvalue weighted by Gasteiger charge is -2.23.